The SMILES string of the molecule is CC(=O)N[C@H]1[C@H]([C@H](O)[C@H](O)CNC(=O)c2ccccc2)O[C@@](O[C@H]2[C@@H](O)[C@@H](CO)O[C@@H](O[C@H]3[C@@H](O)[C@@H](CO)O[C@@H](OCC[Si](C)(C)C)[C@@H]3O)[C@@H]2O)(C(=O)[O-])C[C@@H]1O. The fraction of sp³-hybridized carbons (Fsp3) is 0.743. The number of aliphatic carboxylic acids is 1. The Hall–Kier alpha value is -2.75. The van der Waals surface area contributed by atoms with Gasteiger partial charge in [-0.2, -0.15) is 0 Å². The van der Waals surface area contributed by atoms with E-state index >= 15 is 0 Å². The molecule has 0 aromatic heterocycles. The topological polar surface area (TPSA) is 336 Å². The number of nitrogens with one attached hydrogen (secondary N) is 2. The molecule has 1 aromatic rings. The van der Waals surface area contributed by atoms with Crippen LogP contribution in [0.2, 0.25) is 25.7 Å². The van der Waals surface area contributed by atoms with Crippen molar-refractivity contribution in [2.75, 3.05) is 26.4 Å². The van der Waals surface area contributed by atoms with E-state index in [1.807, 2.05) is 0 Å². The number of benzene rings is 1. The lowest BCUT2D eigenvalue weighted by Gasteiger charge is -2.52. The standard InChI is InChI=1S/C35H56N2O19Si/c1-16(40)37-22-18(41)12-35(34(49)50,55-28(22)23(43)19(42)13-36-31(48)17-8-6-5-7-9-17)56-30-25(45)21(15-39)53-33(27(30)47)54-29-24(44)20(14-38)52-32(26(29)46)51-10-11-57(2,3)4/h5-9,18-30,32-33,38-39,41-47H,10-15H2,1-4H3,(H,36,48)(H,37,40)(H,49,50)/p-1/t18-,19+,20+,21+,22+,23+,24-,25-,26+,27+,28+,29-,30-,32+,33-,35-/m0/s1. The van der Waals surface area contributed by atoms with Gasteiger partial charge in [0.05, 0.1) is 31.5 Å². The van der Waals surface area contributed by atoms with Crippen LogP contribution in [-0.2, 0) is 38.0 Å². The van der Waals surface area contributed by atoms with E-state index < -0.39 is 150 Å². The third kappa shape index (κ3) is 11.5. The number of carbonyl (C=O) groups is 3. The Balaban J connectivity index is 1.59. The first-order chi connectivity index (χ1) is 26.7. The summed E-state index contributed by atoms with van der Waals surface area (Å²) in [7, 11) is -1.61. The number of carboxylic acids is 1. The highest BCUT2D eigenvalue weighted by molar-refractivity contribution is 6.76. The maximum absolute atomic E-state index is 12.9. The number of carboxylic acid groups (broad SMARTS) is 1. The van der Waals surface area contributed by atoms with Crippen LogP contribution >= 0.6 is 0 Å². The van der Waals surface area contributed by atoms with Crippen molar-refractivity contribution in [3.05, 3.63) is 35.9 Å². The van der Waals surface area contributed by atoms with Gasteiger partial charge in [0.15, 0.2) is 12.6 Å². The molecule has 3 heterocycles. The number of aliphatic hydroxyl groups excluding tert-OH is 9. The first kappa shape index (κ1) is 46.9. The van der Waals surface area contributed by atoms with E-state index in [1.54, 1.807) is 18.2 Å². The molecule has 16 atom stereocenters. The summed E-state index contributed by atoms with van der Waals surface area (Å²) < 4.78 is 34.0. The number of ether oxygens (including phenoxy) is 6. The van der Waals surface area contributed by atoms with Crippen LogP contribution in [-0.4, -0.2) is 196 Å². The van der Waals surface area contributed by atoms with Crippen molar-refractivity contribution in [2.45, 2.75) is 137 Å². The summed E-state index contributed by atoms with van der Waals surface area (Å²) in [5.41, 5.74) is 0.209. The van der Waals surface area contributed by atoms with E-state index in [9.17, 15) is 65.4 Å². The van der Waals surface area contributed by atoms with Gasteiger partial charge >= 0.3 is 0 Å². The van der Waals surface area contributed by atoms with E-state index in [2.05, 4.69) is 30.3 Å². The second-order valence-corrected chi connectivity index (χ2v) is 21.2. The van der Waals surface area contributed by atoms with Gasteiger partial charge in [-0.05, 0) is 18.2 Å². The number of rotatable bonds is 17. The van der Waals surface area contributed by atoms with Crippen LogP contribution in [0.5, 0.6) is 0 Å². The molecule has 3 aliphatic rings. The summed E-state index contributed by atoms with van der Waals surface area (Å²) in [6.45, 7) is 5.07. The third-order valence-electron chi connectivity index (χ3n) is 9.89. The van der Waals surface area contributed by atoms with Gasteiger partial charge in [0.2, 0.25) is 11.7 Å². The summed E-state index contributed by atoms with van der Waals surface area (Å²) in [5.74, 6) is -6.79. The van der Waals surface area contributed by atoms with Gasteiger partial charge in [-0.1, -0.05) is 37.8 Å². The molecule has 4 rings (SSSR count). The van der Waals surface area contributed by atoms with Gasteiger partial charge in [0, 0.05) is 40.1 Å². The van der Waals surface area contributed by atoms with Crippen molar-refractivity contribution in [1.82, 2.24) is 10.6 Å². The van der Waals surface area contributed by atoms with Crippen molar-refractivity contribution in [3.63, 3.8) is 0 Å². The maximum atomic E-state index is 12.9. The Morgan fingerprint density at radius 2 is 1.49 bits per heavy atom. The van der Waals surface area contributed by atoms with Gasteiger partial charge < -0.3 is 94.9 Å². The van der Waals surface area contributed by atoms with E-state index in [4.69, 9.17) is 28.4 Å². The van der Waals surface area contributed by atoms with Crippen molar-refractivity contribution < 1.29 is 93.9 Å². The quantitative estimate of drug-likeness (QED) is 0.0651. The molecule has 57 heavy (non-hydrogen) atoms. The number of carbonyl (C=O) groups excluding carboxylic acids is 3. The lowest BCUT2D eigenvalue weighted by atomic mass is 9.88. The molecular formula is C35H55N2O19Si-. The molecule has 21 nitrogen and oxygen atoms in total. The van der Waals surface area contributed by atoms with Crippen LogP contribution in [0.15, 0.2) is 30.3 Å². The Bertz CT molecular complexity index is 1480. The number of aliphatic hydroxyl groups is 9. The van der Waals surface area contributed by atoms with Crippen molar-refractivity contribution >= 4 is 25.9 Å². The lowest BCUT2D eigenvalue weighted by Crippen LogP contribution is -2.72. The predicted octanol–water partition coefficient (Wildman–Crippen LogP) is -5.76. The Kier molecular flexibility index (Phi) is 16.5. The van der Waals surface area contributed by atoms with Crippen LogP contribution in [0.25, 0.3) is 0 Å². The summed E-state index contributed by atoms with van der Waals surface area (Å²) >= 11 is 0. The monoisotopic (exact) mass is 835 g/mol. The van der Waals surface area contributed by atoms with Gasteiger partial charge in [0.25, 0.3) is 5.91 Å². The maximum Gasteiger partial charge on any atom is 0.251 e. The minimum absolute atomic E-state index is 0.144. The van der Waals surface area contributed by atoms with Gasteiger partial charge in [-0.15, -0.1) is 0 Å². The normalized spacial score (nSPS) is 37.2. The first-order valence-corrected chi connectivity index (χ1v) is 22.2. The molecule has 3 aliphatic heterocycles. The summed E-state index contributed by atoms with van der Waals surface area (Å²) in [5, 5.41) is 116. The zero-order chi connectivity index (χ0) is 42.4. The highest BCUT2D eigenvalue weighted by Crippen LogP contribution is 2.38. The molecule has 1 aromatic carbocycles. The molecule has 0 spiro atoms. The second-order valence-electron chi connectivity index (χ2n) is 15.5. The minimum Gasteiger partial charge on any atom is -0.544 e. The van der Waals surface area contributed by atoms with E-state index in [0.29, 0.717) is 6.04 Å². The van der Waals surface area contributed by atoms with Gasteiger partial charge in [-0.25, -0.2) is 0 Å². The lowest BCUT2D eigenvalue weighted by molar-refractivity contribution is -0.411. The van der Waals surface area contributed by atoms with Gasteiger partial charge in [-0.3, -0.25) is 9.59 Å². The summed E-state index contributed by atoms with van der Waals surface area (Å²) in [4.78, 5) is 37.6. The smallest absolute Gasteiger partial charge is 0.251 e. The Morgan fingerprint density at radius 1 is 0.912 bits per heavy atom. The van der Waals surface area contributed by atoms with E-state index in [1.165, 1.54) is 12.1 Å². The zero-order valence-electron chi connectivity index (χ0n) is 31.9. The van der Waals surface area contributed by atoms with Crippen molar-refractivity contribution in [1.29, 1.82) is 0 Å². The number of hydrogen-bond acceptors (Lipinski definition) is 19. The largest absolute Gasteiger partial charge is 0.544 e. The highest BCUT2D eigenvalue weighted by Gasteiger charge is 2.58. The molecular weight excluding hydrogens is 780 g/mol. The molecule has 0 unspecified atom stereocenters. The van der Waals surface area contributed by atoms with Crippen LogP contribution < -0.4 is 15.7 Å². The number of hydrogen-bond donors (Lipinski definition) is 11. The molecule has 11 N–H and O–H groups in total. The average molecular weight is 836 g/mol. The Morgan fingerprint density at radius 3 is 2.05 bits per heavy atom. The van der Waals surface area contributed by atoms with E-state index in [-0.39, 0.29) is 12.2 Å². The molecule has 3 fully saturated rings. The predicted molar refractivity (Wildman–Crippen MR) is 191 cm³/mol. The van der Waals surface area contributed by atoms with Crippen molar-refractivity contribution in [2.24, 2.45) is 0 Å². The molecule has 22 heteroatoms. The molecule has 324 valence electrons. The minimum atomic E-state index is -3.17. The molecule has 2 amide bonds. The van der Waals surface area contributed by atoms with E-state index in [0.717, 1.165) is 6.92 Å². The molecule has 3 saturated heterocycles. The fourth-order valence-corrected chi connectivity index (χ4v) is 7.38. The molecule has 0 saturated carbocycles. The third-order valence-corrected chi connectivity index (χ3v) is 11.6. The van der Waals surface area contributed by atoms with Crippen LogP contribution in [0, 0.1) is 0 Å². The zero-order valence-corrected chi connectivity index (χ0v) is 32.9. The first-order valence-electron chi connectivity index (χ1n) is 18.5. The second kappa shape index (κ2) is 20.0. The summed E-state index contributed by atoms with van der Waals surface area (Å²) in [6, 6.07) is 6.85. The molecule has 0 radical (unpaired) electrons. The van der Waals surface area contributed by atoms with Crippen LogP contribution in [0.3, 0.4) is 0 Å². The van der Waals surface area contributed by atoms with Crippen LogP contribution in [0.4, 0.5) is 0 Å². The molecule has 0 bridgehead atoms. The molecule has 0 aliphatic carbocycles. The fourth-order valence-electron chi connectivity index (χ4n) is 6.65. The average Bonchev–Trinajstić information content (AvgIpc) is 3.15. The van der Waals surface area contributed by atoms with Crippen LogP contribution in [0.1, 0.15) is 23.7 Å². The van der Waals surface area contributed by atoms with Gasteiger partial charge in [0.1, 0.15) is 67.0 Å². The Labute approximate surface area is 329 Å². The highest BCUT2D eigenvalue weighted by atomic mass is 28.3. The summed E-state index contributed by atoms with van der Waals surface area (Å²) in [6.07, 6.45) is -27.3. The van der Waals surface area contributed by atoms with Crippen molar-refractivity contribution in [3.8, 4) is 0 Å². The number of amides is 2.